The number of hydrogen-bond acceptors (Lipinski definition) is 2. The fourth-order valence-corrected chi connectivity index (χ4v) is 12.5. The standard InChI is InChI=1S/C20H38O2Si/c1-10-11-12-17-19(18(21)13-20(17,8)22-9)23(14(2)3,15(4)5)16(6)7/h14-16H,10-13H2,1-9H3. The van der Waals surface area contributed by atoms with Crippen LogP contribution >= 0.6 is 0 Å². The highest BCUT2D eigenvalue weighted by molar-refractivity contribution is 6.93. The van der Waals surface area contributed by atoms with Crippen molar-refractivity contribution in [2.24, 2.45) is 0 Å². The van der Waals surface area contributed by atoms with E-state index in [1.54, 1.807) is 7.11 Å². The predicted molar refractivity (Wildman–Crippen MR) is 103 cm³/mol. The summed E-state index contributed by atoms with van der Waals surface area (Å²) in [4.78, 5) is 13.2. The van der Waals surface area contributed by atoms with Crippen LogP contribution in [0.15, 0.2) is 10.8 Å². The van der Waals surface area contributed by atoms with Crippen LogP contribution in [0.2, 0.25) is 16.6 Å². The molecule has 0 radical (unpaired) electrons. The van der Waals surface area contributed by atoms with Crippen molar-refractivity contribution in [2.75, 3.05) is 7.11 Å². The summed E-state index contributed by atoms with van der Waals surface area (Å²) in [5.74, 6) is 0.378. The minimum atomic E-state index is -1.93. The second kappa shape index (κ2) is 7.65. The van der Waals surface area contributed by atoms with Crippen molar-refractivity contribution >= 4 is 13.9 Å². The Bertz CT molecular complexity index is 440. The summed E-state index contributed by atoms with van der Waals surface area (Å²) < 4.78 is 5.89. The van der Waals surface area contributed by atoms with E-state index < -0.39 is 8.07 Å². The van der Waals surface area contributed by atoms with Gasteiger partial charge in [0.15, 0.2) is 5.78 Å². The number of methoxy groups -OCH3 is 1. The van der Waals surface area contributed by atoms with Crippen molar-refractivity contribution in [3.8, 4) is 0 Å². The topological polar surface area (TPSA) is 26.3 Å². The third-order valence-corrected chi connectivity index (χ3v) is 13.4. The highest BCUT2D eigenvalue weighted by Gasteiger charge is 2.55. The molecule has 0 aliphatic heterocycles. The summed E-state index contributed by atoms with van der Waals surface area (Å²) in [6.45, 7) is 18.4. The van der Waals surface area contributed by atoms with E-state index in [1.807, 2.05) is 0 Å². The Morgan fingerprint density at radius 2 is 1.57 bits per heavy atom. The lowest BCUT2D eigenvalue weighted by molar-refractivity contribution is -0.117. The van der Waals surface area contributed by atoms with Crippen LogP contribution in [0, 0.1) is 0 Å². The molecule has 0 N–H and O–H groups in total. The lowest BCUT2D eigenvalue weighted by Gasteiger charge is -2.45. The van der Waals surface area contributed by atoms with Gasteiger partial charge in [-0.2, -0.15) is 0 Å². The number of unbranched alkanes of at least 4 members (excludes halogenated alkanes) is 1. The van der Waals surface area contributed by atoms with Crippen molar-refractivity contribution in [1.82, 2.24) is 0 Å². The van der Waals surface area contributed by atoms with Crippen LogP contribution in [-0.4, -0.2) is 26.6 Å². The van der Waals surface area contributed by atoms with Gasteiger partial charge in [-0.3, -0.25) is 4.79 Å². The van der Waals surface area contributed by atoms with Crippen molar-refractivity contribution < 1.29 is 9.53 Å². The number of hydrogen-bond donors (Lipinski definition) is 0. The van der Waals surface area contributed by atoms with Crippen LogP contribution in [0.1, 0.15) is 81.1 Å². The first-order valence-corrected chi connectivity index (χ1v) is 11.6. The number of rotatable bonds is 8. The van der Waals surface area contributed by atoms with E-state index >= 15 is 0 Å². The normalized spacial score (nSPS) is 23.0. The maximum absolute atomic E-state index is 13.2. The molecule has 0 saturated heterocycles. The molecular weight excluding hydrogens is 300 g/mol. The van der Waals surface area contributed by atoms with Gasteiger partial charge in [0.2, 0.25) is 0 Å². The number of allylic oxidation sites excluding steroid dienone is 1. The molecule has 3 heteroatoms. The third kappa shape index (κ3) is 3.37. The Morgan fingerprint density at radius 3 is 1.91 bits per heavy atom. The average molecular weight is 339 g/mol. The van der Waals surface area contributed by atoms with Gasteiger partial charge < -0.3 is 4.74 Å². The maximum Gasteiger partial charge on any atom is 0.158 e. The van der Waals surface area contributed by atoms with Crippen LogP contribution < -0.4 is 0 Å². The van der Waals surface area contributed by atoms with Gasteiger partial charge in [-0.05, 0) is 47.2 Å². The average Bonchev–Trinajstić information content (AvgIpc) is 2.68. The quantitative estimate of drug-likeness (QED) is 0.502. The Balaban J connectivity index is 3.68. The minimum absolute atomic E-state index is 0.376. The summed E-state index contributed by atoms with van der Waals surface area (Å²) in [6.07, 6.45) is 3.86. The molecule has 1 unspecified atom stereocenters. The molecule has 0 bridgehead atoms. The van der Waals surface area contributed by atoms with Crippen LogP contribution in [0.3, 0.4) is 0 Å². The molecule has 0 fully saturated rings. The zero-order chi connectivity index (χ0) is 18.0. The van der Waals surface area contributed by atoms with Crippen LogP contribution in [0.5, 0.6) is 0 Å². The lowest BCUT2D eigenvalue weighted by Crippen LogP contribution is -2.49. The molecule has 0 aromatic rings. The van der Waals surface area contributed by atoms with Gasteiger partial charge in [0.1, 0.15) is 0 Å². The Hall–Kier alpha value is -0.413. The smallest absolute Gasteiger partial charge is 0.158 e. The van der Waals surface area contributed by atoms with Gasteiger partial charge in [0.25, 0.3) is 0 Å². The van der Waals surface area contributed by atoms with Gasteiger partial charge >= 0.3 is 0 Å². The first kappa shape index (κ1) is 20.6. The van der Waals surface area contributed by atoms with Gasteiger partial charge in [0, 0.05) is 13.5 Å². The fraction of sp³-hybridized carbons (Fsp3) is 0.850. The van der Waals surface area contributed by atoms with Gasteiger partial charge in [-0.15, -0.1) is 0 Å². The van der Waals surface area contributed by atoms with E-state index in [2.05, 4.69) is 55.4 Å². The van der Waals surface area contributed by atoms with Crippen LogP contribution in [-0.2, 0) is 9.53 Å². The Labute approximate surface area is 145 Å². The third-order valence-electron chi connectivity index (χ3n) is 6.25. The summed E-state index contributed by atoms with van der Waals surface area (Å²) in [7, 11) is -0.156. The minimum Gasteiger partial charge on any atom is -0.374 e. The van der Waals surface area contributed by atoms with E-state index in [0.29, 0.717) is 28.8 Å². The number of Topliss-reactive ketones (excluding diaryl/α,β-unsaturated/α-hetero) is 1. The molecule has 0 spiro atoms. The molecule has 1 aliphatic carbocycles. The molecule has 0 saturated carbocycles. The molecule has 2 nitrogen and oxygen atoms in total. The Morgan fingerprint density at radius 1 is 1.09 bits per heavy atom. The van der Waals surface area contributed by atoms with Crippen LogP contribution in [0.25, 0.3) is 0 Å². The summed E-state index contributed by atoms with van der Waals surface area (Å²) in [5, 5.41) is 1.25. The van der Waals surface area contributed by atoms with E-state index in [-0.39, 0.29) is 5.60 Å². The van der Waals surface area contributed by atoms with E-state index in [0.717, 1.165) is 19.3 Å². The second-order valence-electron chi connectivity index (χ2n) is 8.39. The first-order chi connectivity index (χ1) is 10.6. The molecule has 23 heavy (non-hydrogen) atoms. The monoisotopic (exact) mass is 338 g/mol. The molecule has 1 rings (SSSR count). The number of carbonyl (C=O) groups excluding carboxylic acids is 1. The first-order valence-electron chi connectivity index (χ1n) is 9.41. The van der Waals surface area contributed by atoms with Crippen molar-refractivity contribution in [3.05, 3.63) is 10.8 Å². The van der Waals surface area contributed by atoms with Gasteiger partial charge in [-0.1, -0.05) is 54.9 Å². The SMILES string of the molecule is CCCCC1=C([Si](C(C)C)(C(C)C)C(C)C)C(=O)CC1(C)OC. The lowest BCUT2D eigenvalue weighted by atomic mass is 9.94. The van der Waals surface area contributed by atoms with E-state index in [9.17, 15) is 4.79 Å². The maximum atomic E-state index is 13.2. The Kier molecular flexibility index (Phi) is 6.86. The zero-order valence-electron chi connectivity index (χ0n) is 16.9. The zero-order valence-corrected chi connectivity index (χ0v) is 17.9. The largest absolute Gasteiger partial charge is 0.374 e. The number of ether oxygens (including phenoxy) is 1. The molecule has 1 atom stereocenters. The molecule has 0 aromatic heterocycles. The van der Waals surface area contributed by atoms with Crippen molar-refractivity contribution in [2.45, 2.75) is 103 Å². The summed E-state index contributed by atoms with van der Waals surface area (Å²) in [6, 6.07) is 0. The molecule has 0 aromatic carbocycles. The predicted octanol–water partition coefficient (Wildman–Crippen LogP) is 6.07. The molecule has 134 valence electrons. The van der Waals surface area contributed by atoms with Gasteiger partial charge in [-0.25, -0.2) is 0 Å². The fourth-order valence-electron chi connectivity index (χ4n) is 5.24. The molecular formula is C20H38O2Si. The molecule has 0 heterocycles. The van der Waals surface area contributed by atoms with Crippen LogP contribution in [0.4, 0.5) is 0 Å². The molecule has 1 aliphatic rings. The number of ketones is 1. The van der Waals surface area contributed by atoms with Gasteiger partial charge in [0.05, 0.1) is 13.7 Å². The molecule has 0 amide bonds. The van der Waals surface area contributed by atoms with Crippen molar-refractivity contribution in [1.29, 1.82) is 0 Å². The van der Waals surface area contributed by atoms with Crippen molar-refractivity contribution in [3.63, 3.8) is 0 Å². The van der Waals surface area contributed by atoms with E-state index in [4.69, 9.17) is 4.74 Å². The van der Waals surface area contributed by atoms with E-state index in [1.165, 1.54) is 10.8 Å². The second-order valence-corrected chi connectivity index (χ2v) is 14.2. The highest BCUT2D eigenvalue weighted by atomic mass is 28.3. The summed E-state index contributed by atoms with van der Waals surface area (Å²) >= 11 is 0. The number of carbonyl (C=O) groups is 1. The highest BCUT2D eigenvalue weighted by Crippen LogP contribution is 2.53. The summed E-state index contributed by atoms with van der Waals surface area (Å²) in [5.41, 5.74) is 2.67.